The summed E-state index contributed by atoms with van der Waals surface area (Å²) in [7, 11) is 4.26. The maximum absolute atomic E-state index is 13.6. The highest BCUT2D eigenvalue weighted by molar-refractivity contribution is 9.10. The third-order valence-electron chi connectivity index (χ3n) is 3.78. The summed E-state index contributed by atoms with van der Waals surface area (Å²) in [5.74, 6) is -0.578. The van der Waals surface area contributed by atoms with Crippen molar-refractivity contribution in [2.75, 3.05) is 27.9 Å². The number of methoxy groups -OCH3 is 3. The fraction of sp³-hybridized carbons (Fsp3) is 0.263. The Kier molecular flexibility index (Phi) is 7.18. The van der Waals surface area contributed by atoms with Gasteiger partial charge in [-0.05, 0) is 51.8 Å². The molecule has 0 fully saturated rings. The average molecular weight is 440 g/mol. The first-order chi connectivity index (χ1) is 12.9. The van der Waals surface area contributed by atoms with Gasteiger partial charge < -0.3 is 19.1 Å². The average Bonchev–Trinajstić information content (AvgIpc) is 2.68. The van der Waals surface area contributed by atoms with Crippen molar-refractivity contribution in [3.05, 3.63) is 57.8 Å². The third-order valence-corrected chi connectivity index (χ3v) is 4.47. The van der Waals surface area contributed by atoms with Gasteiger partial charge >= 0.3 is 5.97 Å². The lowest BCUT2D eigenvalue weighted by Gasteiger charge is -2.23. The molecule has 0 unspecified atom stereocenters. The van der Waals surface area contributed by atoms with Crippen molar-refractivity contribution in [3.8, 4) is 11.5 Å². The lowest BCUT2D eigenvalue weighted by molar-refractivity contribution is -0.141. The fourth-order valence-corrected chi connectivity index (χ4v) is 2.85. The van der Waals surface area contributed by atoms with E-state index in [1.165, 1.54) is 38.4 Å². The maximum Gasteiger partial charge on any atom is 0.325 e. The number of carbonyl (C=O) groups is 2. The molecule has 8 heteroatoms. The number of nitrogens with zero attached hydrogens (tertiary/aromatic N) is 1. The van der Waals surface area contributed by atoms with Gasteiger partial charge in [0.15, 0.2) is 0 Å². The maximum atomic E-state index is 13.6. The number of rotatable bonds is 7. The summed E-state index contributed by atoms with van der Waals surface area (Å²) in [6.45, 7) is -0.220. The van der Waals surface area contributed by atoms with Crippen LogP contribution in [0, 0.1) is 5.82 Å². The van der Waals surface area contributed by atoms with Gasteiger partial charge in [-0.15, -0.1) is 0 Å². The zero-order valence-electron chi connectivity index (χ0n) is 15.1. The molecule has 2 aromatic rings. The van der Waals surface area contributed by atoms with E-state index in [0.29, 0.717) is 21.5 Å². The molecule has 0 radical (unpaired) electrons. The highest BCUT2D eigenvalue weighted by atomic mass is 79.9. The molecule has 0 spiro atoms. The van der Waals surface area contributed by atoms with Crippen molar-refractivity contribution < 1.29 is 28.2 Å². The summed E-state index contributed by atoms with van der Waals surface area (Å²) in [4.78, 5) is 26.0. The van der Waals surface area contributed by atoms with Gasteiger partial charge in [0, 0.05) is 17.1 Å². The second-order valence-electron chi connectivity index (χ2n) is 5.58. The number of benzene rings is 2. The Morgan fingerprint density at radius 3 is 2.22 bits per heavy atom. The number of amides is 1. The third kappa shape index (κ3) is 5.43. The molecule has 0 aromatic heterocycles. The van der Waals surface area contributed by atoms with Crippen LogP contribution in [-0.4, -0.2) is 44.7 Å². The smallest absolute Gasteiger partial charge is 0.325 e. The van der Waals surface area contributed by atoms with E-state index < -0.39 is 17.7 Å². The number of hydrogen-bond donors (Lipinski definition) is 0. The SMILES string of the molecule is COC(=O)CN(Cc1cc(OC)cc(OC)c1)C(=O)c1cc(F)ccc1Br. The lowest BCUT2D eigenvalue weighted by Crippen LogP contribution is -2.36. The van der Waals surface area contributed by atoms with Crippen LogP contribution in [-0.2, 0) is 16.1 Å². The van der Waals surface area contributed by atoms with Crippen molar-refractivity contribution in [3.63, 3.8) is 0 Å². The van der Waals surface area contributed by atoms with Crippen LogP contribution in [0.25, 0.3) is 0 Å². The molecule has 0 heterocycles. The van der Waals surface area contributed by atoms with E-state index in [1.807, 2.05) is 0 Å². The van der Waals surface area contributed by atoms with Crippen LogP contribution >= 0.6 is 15.9 Å². The Morgan fingerprint density at radius 1 is 1.04 bits per heavy atom. The molecular formula is C19H19BrFNO5. The summed E-state index contributed by atoms with van der Waals surface area (Å²) < 4.78 is 29.2. The molecule has 2 rings (SSSR count). The van der Waals surface area contributed by atoms with Crippen molar-refractivity contribution in [1.82, 2.24) is 4.90 Å². The molecule has 27 heavy (non-hydrogen) atoms. The first kappa shape index (κ1) is 20.7. The van der Waals surface area contributed by atoms with E-state index in [2.05, 4.69) is 20.7 Å². The van der Waals surface area contributed by atoms with E-state index in [4.69, 9.17) is 9.47 Å². The first-order valence-electron chi connectivity index (χ1n) is 7.91. The molecule has 0 aliphatic rings. The summed E-state index contributed by atoms with van der Waals surface area (Å²) in [6.07, 6.45) is 0. The van der Waals surface area contributed by atoms with Crippen molar-refractivity contribution in [1.29, 1.82) is 0 Å². The van der Waals surface area contributed by atoms with Crippen LogP contribution in [0.15, 0.2) is 40.9 Å². The van der Waals surface area contributed by atoms with Gasteiger partial charge in [-0.1, -0.05) is 0 Å². The Labute approximate surface area is 164 Å². The zero-order chi connectivity index (χ0) is 20.0. The van der Waals surface area contributed by atoms with Crippen LogP contribution < -0.4 is 9.47 Å². The van der Waals surface area contributed by atoms with E-state index in [1.54, 1.807) is 18.2 Å². The quantitative estimate of drug-likeness (QED) is 0.618. The molecule has 1 amide bonds. The predicted molar refractivity (Wildman–Crippen MR) is 100 cm³/mol. The van der Waals surface area contributed by atoms with E-state index >= 15 is 0 Å². The van der Waals surface area contributed by atoms with Gasteiger partial charge in [0.25, 0.3) is 5.91 Å². The van der Waals surface area contributed by atoms with Crippen LogP contribution in [0.4, 0.5) is 4.39 Å². The standard InChI is InChI=1S/C19H19BrFNO5/c1-25-14-6-12(7-15(9-14)26-2)10-22(11-18(23)27-3)19(24)16-8-13(21)4-5-17(16)20/h4-9H,10-11H2,1-3H3. The van der Waals surface area contributed by atoms with Gasteiger partial charge in [0.05, 0.1) is 26.9 Å². The highest BCUT2D eigenvalue weighted by Gasteiger charge is 2.22. The van der Waals surface area contributed by atoms with Crippen LogP contribution in [0.5, 0.6) is 11.5 Å². The topological polar surface area (TPSA) is 65.1 Å². The van der Waals surface area contributed by atoms with Crippen LogP contribution in [0.3, 0.4) is 0 Å². The second-order valence-corrected chi connectivity index (χ2v) is 6.44. The molecule has 0 atom stereocenters. The van der Waals surface area contributed by atoms with Crippen LogP contribution in [0.2, 0.25) is 0 Å². The molecule has 0 aliphatic carbocycles. The number of ether oxygens (including phenoxy) is 3. The lowest BCUT2D eigenvalue weighted by atomic mass is 10.1. The van der Waals surface area contributed by atoms with Crippen LogP contribution in [0.1, 0.15) is 15.9 Å². The summed E-state index contributed by atoms with van der Waals surface area (Å²) in [5.41, 5.74) is 0.782. The minimum absolute atomic E-state index is 0.0739. The number of carbonyl (C=O) groups excluding carboxylic acids is 2. The molecule has 144 valence electrons. The Hall–Kier alpha value is -2.61. The van der Waals surface area contributed by atoms with Crippen molar-refractivity contribution >= 4 is 27.8 Å². The van der Waals surface area contributed by atoms with Gasteiger partial charge in [-0.3, -0.25) is 9.59 Å². The Bertz CT molecular complexity index is 821. The monoisotopic (exact) mass is 439 g/mol. The fourth-order valence-electron chi connectivity index (χ4n) is 2.43. The summed E-state index contributed by atoms with van der Waals surface area (Å²) in [6, 6.07) is 8.93. The number of halogens is 2. The summed E-state index contributed by atoms with van der Waals surface area (Å²) in [5, 5.41) is 0. The summed E-state index contributed by atoms with van der Waals surface area (Å²) >= 11 is 3.24. The molecule has 0 saturated carbocycles. The van der Waals surface area contributed by atoms with E-state index in [9.17, 15) is 14.0 Å². The zero-order valence-corrected chi connectivity index (χ0v) is 16.7. The molecule has 0 saturated heterocycles. The van der Waals surface area contributed by atoms with Crippen molar-refractivity contribution in [2.24, 2.45) is 0 Å². The number of esters is 1. The van der Waals surface area contributed by atoms with Crippen molar-refractivity contribution in [2.45, 2.75) is 6.54 Å². The largest absolute Gasteiger partial charge is 0.497 e. The first-order valence-corrected chi connectivity index (χ1v) is 8.70. The normalized spacial score (nSPS) is 10.3. The van der Waals surface area contributed by atoms with E-state index in [-0.39, 0.29) is 18.7 Å². The molecule has 0 aliphatic heterocycles. The van der Waals surface area contributed by atoms with Gasteiger partial charge in [-0.25, -0.2) is 4.39 Å². The predicted octanol–water partition coefficient (Wildman–Crippen LogP) is 3.42. The molecule has 0 bridgehead atoms. The number of hydrogen-bond acceptors (Lipinski definition) is 5. The van der Waals surface area contributed by atoms with E-state index in [0.717, 1.165) is 6.07 Å². The van der Waals surface area contributed by atoms with Gasteiger partial charge in [-0.2, -0.15) is 0 Å². The molecular weight excluding hydrogens is 421 g/mol. The minimum atomic E-state index is -0.592. The Morgan fingerprint density at radius 2 is 1.67 bits per heavy atom. The molecule has 6 nitrogen and oxygen atoms in total. The van der Waals surface area contributed by atoms with Gasteiger partial charge in [0.1, 0.15) is 23.9 Å². The Balaban J connectivity index is 2.38. The molecule has 2 aromatic carbocycles. The minimum Gasteiger partial charge on any atom is -0.497 e. The van der Waals surface area contributed by atoms with Gasteiger partial charge in [0.2, 0.25) is 0 Å². The second kappa shape index (κ2) is 9.36. The highest BCUT2D eigenvalue weighted by Crippen LogP contribution is 2.25. The molecule has 0 N–H and O–H groups in total.